The summed E-state index contributed by atoms with van der Waals surface area (Å²) in [6.07, 6.45) is -1.64. The third-order valence-corrected chi connectivity index (χ3v) is 2.59. The van der Waals surface area contributed by atoms with E-state index in [2.05, 4.69) is 15.3 Å². The molecular formula is C11H8ClF3N4. The van der Waals surface area contributed by atoms with Crippen LogP contribution in [0, 0.1) is 0 Å². The molecular weight excluding hydrogens is 281 g/mol. The van der Waals surface area contributed by atoms with Crippen molar-refractivity contribution in [1.29, 1.82) is 0 Å². The summed E-state index contributed by atoms with van der Waals surface area (Å²) in [6.45, 7) is 0. The Kier molecular flexibility index (Phi) is 3.48. The van der Waals surface area contributed by atoms with Crippen molar-refractivity contribution in [3.63, 3.8) is 0 Å². The Labute approximate surface area is 111 Å². The topological polar surface area (TPSA) is 63.8 Å². The molecule has 0 aliphatic heterocycles. The van der Waals surface area contributed by atoms with Gasteiger partial charge >= 0.3 is 6.18 Å². The second-order valence-electron chi connectivity index (χ2n) is 3.61. The third kappa shape index (κ3) is 3.05. The van der Waals surface area contributed by atoms with Crippen LogP contribution in [0.15, 0.2) is 30.6 Å². The van der Waals surface area contributed by atoms with E-state index in [4.69, 9.17) is 17.3 Å². The average Bonchev–Trinajstić information content (AvgIpc) is 2.33. The maximum Gasteiger partial charge on any atom is 0.416 e. The first-order valence-corrected chi connectivity index (χ1v) is 5.46. The third-order valence-electron chi connectivity index (χ3n) is 2.28. The molecule has 0 saturated carbocycles. The highest BCUT2D eigenvalue weighted by molar-refractivity contribution is 6.33. The fourth-order valence-electron chi connectivity index (χ4n) is 1.37. The molecule has 0 fully saturated rings. The fraction of sp³-hybridized carbons (Fsp3) is 0.0909. The van der Waals surface area contributed by atoms with Gasteiger partial charge in [0.1, 0.15) is 0 Å². The van der Waals surface area contributed by atoms with E-state index in [1.807, 2.05) is 0 Å². The zero-order chi connectivity index (χ0) is 14.0. The van der Waals surface area contributed by atoms with Gasteiger partial charge < -0.3 is 11.1 Å². The maximum atomic E-state index is 12.5. The largest absolute Gasteiger partial charge is 0.416 e. The summed E-state index contributed by atoms with van der Waals surface area (Å²) in [6, 6.07) is 2.95. The number of nitrogens with two attached hydrogens (primary N) is 1. The van der Waals surface area contributed by atoms with Crippen LogP contribution in [0.4, 0.5) is 30.5 Å². The zero-order valence-electron chi connectivity index (χ0n) is 9.37. The van der Waals surface area contributed by atoms with Gasteiger partial charge in [0.15, 0.2) is 11.6 Å². The molecule has 0 radical (unpaired) electrons. The number of benzene rings is 1. The van der Waals surface area contributed by atoms with Crippen molar-refractivity contribution < 1.29 is 13.2 Å². The van der Waals surface area contributed by atoms with Crippen molar-refractivity contribution in [2.24, 2.45) is 0 Å². The number of hydrogen-bond acceptors (Lipinski definition) is 4. The van der Waals surface area contributed by atoms with E-state index in [1.54, 1.807) is 0 Å². The van der Waals surface area contributed by atoms with E-state index >= 15 is 0 Å². The number of rotatable bonds is 2. The van der Waals surface area contributed by atoms with Gasteiger partial charge in [0.2, 0.25) is 0 Å². The van der Waals surface area contributed by atoms with Gasteiger partial charge in [-0.1, -0.05) is 11.6 Å². The van der Waals surface area contributed by atoms with Crippen LogP contribution in [-0.2, 0) is 6.18 Å². The van der Waals surface area contributed by atoms with Crippen LogP contribution in [0.5, 0.6) is 0 Å². The Morgan fingerprint density at radius 3 is 2.42 bits per heavy atom. The SMILES string of the molecule is Nc1nccnc1Nc1ccc(C(F)(F)F)cc1Cl. The fourth-order valence-corrected chi connectivity index (χ4v) is 1.59. The lowest BCUT2D eigenvalue weighted by atomic mass is 10.2. The molecule has 3 N–H and O–H groups in total. The number of alkyl halides is 3. The first kappa shape index (κ1) is 13.4. The Bertz CT molecular complexity index is 601. The number of anilines is 3. The molecule has 0 atom stereocenters. The lowest BCUT2D eigenvalue weighted by molar-refractivity contribution is -0.137. The van der Waals surface area contributed by atoms with Gasteiger partial charge in [-0.3, -0.25) is 0 Å². The quantitative estimate of drug-likeness (QED) is 0.888. The average molecular weight is 289 g/mol. The van der Waals surface area contributed by atoms with Gasteiger partial charge in [-0.2, -0.15) is 13.2 Å². The molecule has 19 heavy (non-hydrogen) atoms. The maximum absolute atomic E-state index is 12.5. The minimum atomic E-state index is -4.44. The summed E-state index contributed by atoms with van der Waals surface area (Å²) < 4.78 is 37.4. The second-order valence-corrected chi connectivity index (χ2v) is 4.01. The molecule has 0 bridgehead atoms. The molecule has 1 heterocycles. The number of nitrogens with one attached hydrogen (secondary N) is 1. The molecule has 1 aromatic carbocycles. The lowest BCUT2D eigenvalue weighted by Gasteiger charge is -2.11. The molecule has 0 amide bonds. The number of halogens is 4. The minimum absolute atomic E-state index is 0.0834. The predicted octanol–water partition coefficient (Wildman–Crippen LogP) is 3.47. The van der Waals surface area contributed by atoms with Crippen molar-refractivity contribution in [3.05, 3.63) is 41.2 Å². The summed E-state index contributed by atoms with van der Waals surface area (Å²) in [5.41, 5.74) is 5.00. The predicted molar refractivity (Wildman–Crippen MR) is 66.2 cm³/mol. The summed E-state index contributed by atoms with van der Waals surface area (Å²) >= 11 is 5.79. The highest BCUT2D eigenvalue weighted by Crippen LogP contribution is 2.34. The van der Waals surface area contributed by atoms with Crippen LogP contribution in [0.1, 0.15) is 5.56 Å². The van der Waals surface area contributed by atoms with Crippen molar-refractivity contribution in [3.8, 4) is 0 Å². The Hall–Kier alpha value is -2.02. The molecule has 4 nitrogen and oxygen atoms in total. The number of aromatic nitrogens is 2. The van der Waals surface area contributed by atoms with Gasteiger partial charge in [-0.15, -0.1) is 0 Å². The molecule has 0 saturated heterocycles. The summed E-state index contributed by atoms with van der Waals surface area (Å²) in [7, 11) is 0. The standard InChI is InChI=1S/C11H8ClF3N4/c12-7-5-6(11(13,14)15)1-2-8(7)19-10-9(16)17-3-4-18-10/h1-5H,(H2,16,17)(H,18,19). The monoisotopic (exact) mass is 288 g/mol. The van der Waals surface area contributed by atoms with E-state index in [1.165, 1.54) is 18.5 Å². The summed E-state index contributed by atoms with van der Waals surface area (Å²) in [5.74, 6) is 0.350. The van der Waals surface area contributed by atoms with Crippen LogP contribution in [0.3, 0.4) is 0 Å². The Morgan fingerprint density at radius 1 is 1.16 bits per heavy atom. The van der Waals surface area contributed by atoms with Crippen molar-refractivity contribution in [2.75, 3.05) is 11.1 Å². The van der Waals surface area contributed by atoms with Crippen LogP contribution < -0.4 is 11.1 Å². The van der Waals surface area contributed by atoms with E-state index in [0.717, 1.165) is 12.1 Å². The van der Waals surface area contributed by atoms with Crippen LogP contribution >= 0.6 is 11.6 Å². The van der Waals surface area contributed by atoms with Gasteiger partial charge in [0.05, 0.1) is 16.3 Å². The first-order valence-electron chi connectivity index (χ1n) is 5.08. The van der Waals surface area contributed by atoms with Gasteiger partial charge in [-0.05, 0) is 18.2 Å². The van der Waals surface area contributed by atoms with Crippen molar-refractivity contribution >= 4 is 28.9 Å². The molecule has 0 aliphatic carbocycles. The molecule has 2 rings (SSSR count). The minimum Gasteiger partial charge on any atom is -0.381 e. The van der Waals surface area contributed by atoms with Crippen LogP contribution in [0.25, 0.3) is 0 Å². The molecule has 8 heteroatoms. The molecule has 1 aromatic heterocycles. The molecule has 0 unspecified atom stereocenters. The van der Waals surface area contributed by atoms with Crippen molar-refractivity contribution in [2.45, 2.75) is 6.18 Å². The normalized spacial score (nSPS) is 11.4. The molecule has 2 aromatic rings. The van der Waals surface area contributed by atoms with Gasteiger partial charge in [0.25, 0.3) is 0 Å². The van der Waals surface area contributed by atoms with Crippen LogP contribution in [-0.4, -0.2) is 9.97 Å². The van der Waals surface area contributed by atoms with Gasteiger partial charge in [-0.25, -0.2) is 9.97 Å². The summed E-state index contributed by atoms with van der Waals surface area (Å²) in [4.78, 5) is 7.70. The number of nitrogens with zero attached hydrogens (tertiary/aromatic N) is 2. The second kappa shape index (κ2) is 4.93. The summed E-state index contributed by atoms with van der Waals surface area (Å²) in [5, 5.41) is 2.64. The smallest absolute Gasteiger partial charge is 0.381 e. The molecule has 0 aliphatic rings. The van der Waals surface area contributed by atoms with Crippen LogP contribution in [0.2, 0.25) is 5.02 Å². The van der Waals surface area contributed by atoms with Crippen molar-refractivity contribution in [1.82, 2.24) is 9.97 Å². The lowest BCUT2D eigenvalue weighted by Crippen LogP contribution is -2.06. The van der Waals surface area contributed by atoms with E-state index < -0.39 is 11.7 Å². The Morgan fingerprint density at radius 2 is 1.84 bits per heavy atom. The first-order chi connectivity index (χ1) is 8.88. The molecule has 0 spiro atoms. The number of nitrogen functional groups attached to an aromatic ring is 1. The highest BCUT2D eigenvalue weighted by atomic mass is 35.5. The van der Waals surface area contributed by atoms with E-state index in [-0.39, 0.29) is 22.3 Å². The zero-order valence-corrected chi connectivity index (χ0v) is 10.1. The van der Waals surface area contributed by atoms with E-state index in [9.17, 15) is 13.2 Å². The molecule has 100 valence electrons. The Balaban J connectivity index is 2.30. The van der Waals surface area contributed by atoms with E-state index in [0.29, 0.717) is 0 Å². The highest BCUT2D eigenvalue weighted by Gasteiger charge is 2.30. The van der Waals surface area contributed by atoms with Gasteiger partial charge in [0, 0.05) is 12.4 Å². The number of hydrogen-bond donors (Lipinski definition) is 2.